The van der Waals surface area contributed by atoms with Crippen LogP contribution in [-0.4, -0.2) is 89.4 Å². The smallest absolute Gasteiger partial charge is 0.393 e. The molecule has 0 saturated carbocycles. The second-order valence-electron chi connectivity index (χ2n) is 8.63. The highest BCUT2D eigenvalue weighted by Crippen LogP contribution is 2.50. The molecule has 30 heavy (non-hydrogen) atoms. The van der Waals surface area contributed by atoms with E-state index in [4.69, 9.17) is 28.0 Å². The van der Waals surface area contributed by atoms with Gasteiger partial charge in [-0.05, 0) is 41.5 Å². The van der Waals surface area contributed by atoms with Crippen molar-refractivity contribution in [2.24, 2.45) is 0 Å². The molecule has 0 spiro atoms. The number of rotatable bonds is 11. The molecule has 2 aliphatic heterocycles. The molecule has 2 unspecified atom stereocenters. The van der Waals surface area contributed by atoms with E-state index >= 15 is 0 Å². The van der Waals surface area contributed by atoms with Gasteiger partial charge in [0.25, 0.3) is 0 Å². The minimum absolute atomic E-state index is 0.0259. The number of phosphoric acid groups is 1. The molecular formula is C19H37O10P. The Balaban J connectivity index is 2.05. The number of hydrogen-bond acceptors (Lipinski definition) is 9. The van der Waals surface area contributed by atoms with E-state index in [-0.39, 0.29) is 37.6 Å². The van der Waals surface area contributed by atoms with E-state index in [2.05, 4.69) is 0 Å². The number of phosphoric ester groups is 1. The third-order valence-electron chi connectivity index (χ3n) is 5.14. The van der Waals surface area contributed by atoms with Crippen molar-refractivity contribution in [3.63, 3.8) is 0 Å². The molecule has 2 rings (SSSR count). The maximum Gasteiger partial charge on any atom is 0.472 e. The van der Waals surface area contributed by atoms with Crippen LogP contribution in [0, 0.1) is 0 Å². The normalized spacial score (nSPS) is 39.2. The Morgan fingerprint density at radius 2 is 1.87 bits per heavy atom. The van der Waals surface area contributed by atoms with Gasteiger partial charge in [0, 0.05) is 6.42 Å². The molecule has 3 N–H and O–H groups in total. The van der Waals surface area contributed by atoms with Gasteiger partial charge in [0.2, 0.25) is 0 Å². The first-order chi connectivity index (χ1) is 13.9. The van der Waals surface area contributed by atoms with Gasteiger partial charge in [-0.2, -0.15) is 0 Å². The summed E-state index contributed by atoms with van der Waals surface area (Å²) in [6, 6.07) is 0. The van der Waals surface area contributed by atoms with Crippen LogP contribution in [0.2, 0.25) is 0 Å². The SMILES string of the molecule is CC(C)OC[C@@]1(CO)O[C@@H](C)C(O)[C@H]1OP(=O)(O)OC[C@H]1O[C@@H](C)C[C@H]1OC(C)C. The van der Waals surface area contributed by atoms with E-state index in [1.165, 1.54) is 0 Å². The van der Waals surface area contributed by atoms with Gasteiger partial charge in [0.05, 0.1) is 50.3 Å². The fourth-order valence-corrected chi connectivity index (χ4v) is 4.72. The molecule has 0 aromatic heterocycles. The fraction of sp³-hybridized carbons (Fsp3) is 1.00. The molecular weight excluding hydrogens is 419 g/mol. The monoisotopic (exact) mass is 456 g/mol. The maximum atomic E-state index is 12.7. The van der Waals surface area contributed by atoms with Crippen LogP contribution in [0.5, 0.6) is 0 Å². The van der Waals surface area contributed by atoms with Crippen LogP contribution in [0.4, 0.5) is 0 Å². The first-order valence-corrected chi connectivity index (χ1v) is 11.9. The predicted molar refractivity (Wildman–Crippen MR) is 107 cm³/mol. The molecule has 0 bridgehead atoms. The molecule has 0 aliphatic carbocycles. The lowest BCUT2D eigenvalue weighted by Crippen LogP contribution is -2.51. The van der Waals surface area contributed by atoms with Crippen molar-refractivity contribution in [3.8, 4) is 0 Å². The number of hydrogen-bond donors (Lipinski definition) is 3. The molecule has 0 amide bonds. The molecule has 2 saturated heterocycles. The molecule has 8 atom stereocenters. The van der Waals surface area contributed by atoms with Crippen molar-refractivity contribution in [2.75, 3.05) is 19.8 Å². The van der Waals surface area contributed by atoms with Gasteiger partial charge in [0.15, 0.2) is 0 Å². The molecule has 2 fully saturated rings. The summed E-state index contributed by atoms with van der Waals surface area (Å²) < 4.78 is 45.9. The van der Waals surface area contributed by atoms with Crippen molar-refractivity contribution in [3.05, 3.63) is 0 Å². The summed E-state index contributed by atoms with van der Waals surface area (Å²) in [6.07, 6.45) is -3.73. The van der Waals surface area contributed by atoms with E-state index in [1.54, 1.807) is 20.8 Å². The lowest BCUT2D eigenvalue weighted by atomic mass is 9.96. The summed E-state index contributed by atoms with van der Waals surface area (Å²) in [4.78, 5) is 10.3. The molecule has 2 aliphatic rings. The van der Waals surface area contributed by atoms with Crippen molar-refractivity contribution in [2.45, 2.75) is 102 Å². The van der Waals surface area contributed by atoms with Crippen LogP contribution in [0.15, 0.2) is 0 Å². The van der Waals surface area contributed by atoms with E-state index in [0.717, 1.165) is 0 Å². The van der Waals surface area contributed by atoms with Crippen molar-refractivity contribution in [1.82, 2.24) is 0 Å². The Morgan fingerprint density at radius 3 is 2.43 bits per heavy atom. The number of aliphatic hydroxyl groups is 2. The fourth-order valence-electron chi connectivity index (χ4n) is 3.72. The second kappa shape index (κ2) is 10.7. The van der Waals surface area contributed by atoms with Gasteiger partial charge in [-0.3, -0.25) is 9.05 Å². The Hall–Kier alpha value is -0.130. The molecule has 2 heterocycles. The van der Waals surface area contributed by atoms with Crippen LogP contribution >= 0.6 is 7.82 Å². The van der Waals surface area contributed by atoms with E-state index < -0.39 is 44.4 Å². The Bertz CT molecular complexity index is 588. The molecule has 0 aromatic rings. The van der Waals surface area contributed by atoms with E-state index in [0.29, 0.717) is 6.42 Å². The molecule has 0 radical (unpaired) electrons. The molecule has 11 heteroatoms. The summed E-state index contributed by atoms with van der Waals surface area (Å²) in [6.45, 7) is 9.96. The third kappa shape index (κ3) is 6.68. The van der Waals surface area contributed by atoms with E-state index in [9.17, 15) is 19.7 Å². The lowest BCUT2D eigenvalue weighted by Gasteiger charge is -2.34. The van der Waals surface area contributed by atoms with Crippen LogP contribution < -0.4 is 0 Å². The highest BCUT2D eigenvalue weighted by atomic mass is 31.2. The second-order valence-corrected chi connectivity index (χ2v) is 10.0. The average molecular weight is 456 g/mol. The average Bonchev–Trinajstić information content (AvgIpc) is 3.09. The number of ether oxygens (including phenoxy) is 4. The Labute approximate surface area is 178 Å². The molecule has 10 nitrogen and oxygen atoms in total. The van der Waals surface area contributed by atoms with Gasteiger partial charge in [-0.25, -0.2) is 4.57 Å². The minimum atomic E-state index is -4.62. The van der Waals surface area contributed by atoms with Gasteiger partial charge < -0.3 is 34.1 Å². The number of aliphatic hydroxyl groups excluding tert-OH is 2. The van der Waals surface area contributed by atoms with Gasteiger partial charge in [-0.1, -0.05) is 0 Å². The zero-order valence-corrected chi connectivity index (χ0v) is 19.5. The topological polar surface area (TPSA) is 133 Å². The minimum Gasteiger partial charge on any atom is -0.393 e. The summed E-state index contributed by atoms with van der Waals surface area (Å²) >= 11 is 0. The summed E-state index contributed by atoms with van der Waals surface area (Å²) in [5.74, 6) is 0. The molecule has 178 valence electrons. The third-order valence-corrected chi connectivity index (χ3v) is 6.11. The first-order valence-electron chi connectivity index (χ1n) is 10.4. The largest absolute Gasteiger partial charge is 0.472 e. The first kappa shape index (κ1) is 26.1. The quantitative estimate of drug-likeness (QED) is 0.392. The zero-order chi connectivity index (χ0) is 22.7. The van der Waals surface area contributed by atoms with Gasteiger partial charge >= 0.3 is 7.82 Å². The Kier molecular flexibility index (Phi) is 9.28. The van der Waals surface area contributed by atoms with Crippen LogP contribution in [0.25, 0.3) is 0 Å². The van der Waals surface area contributed by atoms with Crippen molar-refractivity contribution in [1.29, 1.82) is 0 Å². The van der Waals surface area contributed by atoms with Crippen LogP contribution in [0.3, 0.4) is 0 Å². The summed E-state index contributed by atoms with van der Waals surface area (Å²) in [7, 11) is -4.62. The van der Waals surface area contributed by atoms with Crippen molar-refractivity contribution >= 4 is 7.82 Å². The van der Waals surface area contributed by atoms with Crippen LogP contribution in [-0.2, 0) is 32.6 Å². The zero-order valence-electron chi connectivity index (χ0n) is 18.6. The van der Waals surface area contributed by atoms with Gasteiger partial charge in [0.1, 0.15) is 23.9 Å². The standard InChI is InChI=1S/C19H37O10P/c1-11(2)24-10-19(9-20)18(17(21)14(6)28-19)29-30(22,23)25-8-16-15(26-12(3)4)7-13(5)27-16/h11-18,20-21H,7-10H2,1-6H3,(H,22,23)/t13-,14-,15+,16+,17?,18+,19+/m0/s1. The summed E-state index contributed by atoms with van der Waals surface area (Å²) in [5, 5.41) is 20.4. The summed E-state index contributed by atoms with van der Waals surface area (Å²) in [5.41, 5.74) is -1.49. The maximum absolute atomic E-state index is 12.7. The predicted octanol–water partition coefficient (Wildman–Crippen LogP) is 1.40. The van der Waals surface area contributed by atoms with E-state index in [1.807, 2.05) is 20.8 Å². The highest BCUT2D eigenvalue weighted by Gasteiger charge is 2.57. The molecule has 0 aromatic carbocycles. The van der Waals surface area contributed by atoms with Crippen molar-refractivity contribution < 1.29 is 47.7 Å². The van der Waals surface area contributed by atoms with Gasteiger partial charge in [-0.15, -0.1) is 0 Å². The van der Waals surface area contributed by atoms with Crippen LogP contribution in [0.1, 0.15) is 48.0 Å². The lowest BCUT2D eigenvalue weighted by molar-refractivity contribution is -0.152. The highest BCUT2D eigenvalue weighted by molar-refractivity contribution is 7.47. The Morgan fingerprint density at radius 1 is 1.20 bits per heavy atom.